The number of fused-ring (bicyclic) bond motifs is 1. The Morgan fingerprint density at radius 1 is 0.923 bits per heavy atom. The topological polar surface area (TPSA) is 121 Å². The molecule has 208 valence electrons. The summed E-state index contributed by atoms with van der Waals surface area (Å²) in [5.41, 5.74) is -4.60. The molecule has 1 aliphatic heterocycles. The highest BCUT2D eigenvalue weighted by atomic mass is 16.6. The first-order valence-corrected chi connectivity index (χ1v) is 13.3. The van der Waals surface area contributed by atoms with Crippen molar-refractivity contribution >= 4 is 17.9 Å². The summed E-state index contributed by atoms with van der Waals surface area (Å²) >= 11 is 0. The van der Waals surface area contributed by atoms with Crippen LogP contribution in [0.1, 0.15) is 74.6 Å². The van der Waals surface area contributed by atoms with Crippen molar-refractivity contribution in [2.45, 2.75) is 89.0 Å². The van der Waals surface area contributed by atoms with Crippen LogP contribution in [-0.2, 0) is 23.7 Å². The maximum absolute atomic E-state index is 13.4. The van der Waals surface area contributed by atoms with Crippen LogP contribution >= 0.6 is 0 Å². The second-order valence-electron chi connectivity index (χ2n) is 11.8. The number of carbonyl (C=O) groups excluding carboxylic acids is 3. The Kier molecular flexibility index (Phi) is 6.58. The lowest BCUT2D eigenvalue weighted by atomic mass is 9.47. The third-order valence-corrected chi connectivity index (χ3v) is 9.08. The van der Waals surface area contributed by atoms with Crippen molar-refractivity contribution < 1.29 is 38.4 Å². The van der Waals surface area contributed by atoms with Crippen LogP contribution in [0.15, 0.2) is 54.9 Å². The van der Waals surface area contributed by atoms with Gasteiger partial charge in [-0.25, -0.2) is 9.59 Å². The molecule has 9 nitrogen and oxygen atoms in total. The van der Waals surface area contributed by atoms with E-state index in [1.54, 1.807) is 62.5 Å². The summed E-state index contributed by atoms with van der Waals surface area (Å²) in [6, 6.07) is 11.9. The van der Waals surface area contributed by atoms with Crippen molar-refractivity contribution in [3.63, 3.8) is 0 Å². The fourth-order valence-corrected chi connectivity index (χ4v) is 7.23. The molecule has 2 bridgehead atoms. The van der Waals surface area contributed by atoms with Crippen molar-refractivity contribution in [2.24, 2.45) is 11.3 Å². The Balaban J connectivity index is 1.63. The SMILES string of the molecule is CC(=O)OC1CC2C(OC(=O)c3cccnc3)C3(OC2(C)C)C(C)(O)CCC(OC(=O)c2ccccc2)C13C. The molecule has 39 heavy (non-hydrogen) atoms. The van der Waals surface area contributed by atoms with Crippen LogP contribution in [0.5, 0.6) is 0 Å². The van der Waals surface area contributed by atoms with Crippen molar-refractivity contribution in [1.82, 2.24) is 4.98 Å². The van der Waals surface area contributed by atoms with E-state index in [1.165, 1.54) is 13.1 Å². The first kappa shape index (κ1) is 27.3. The number of hydrogen-bond donors (Lipinski definition) is 1. The first-order valence-electron chi connectivity index (χ1n) is 13.3. The van der Waals surface area contributed by atoms with Gasteiger partial charge in [-0.15, -0.1) is 0 Å². The second kappa shape index (κ2) is 9.41. The van der Waals surface area contributed by atoms with E-state index in [9.17, 15) is 19.5 Å². The van der Waals surface area contributed by atoms with Crippen LogP contribution in [-0.4, -0.2) is 63.1 Å². The van der Waals surface area contributed by atoms with Crippen LogP contribution < -0.4 is 0 Å². The van der Waals surface area contributed by atoms with Crippen molar-refractivity contribution in [1.29, 1.82) is 0 Å². The van der Waals surface area contributed by atoms with Crippen molar-refractivity contribution in [3.8, 4) is 0 Å². The van der Waals surface area contributed by atoms with Gasteiger partial charge in [0.1, 0.15) is 23.9 Å². The lowest BCUT2D eigenvalue weighted by Crippen LogP contribution is -2.79. The molecule has 7 atom stereocenters. The van der Waals surface area contributed by atoms with Crippen LogP contribution in [0.2, 0.25) is 0 Å². The minimum absolute atomic E-state index is 0.200. The average molecular weight is 538 g/mol. The molecule has 0 amide bonds. The highest BCUT2D eigenvalue weighted by molar-refractivity contribution is 5.90. The molecule has 2 saturated carbocycles. The van der Waals surface area contributed by atoms with Crippen molar-refractivity contribution in [2.75, 3.05) is 0 Å². The zero-order valence-corrected chi connectivity index (χ0v) is 22.9. The van der Waals surface area contributed by atoms with E-state index in [2.05, 4.69) is 4.98 Å². The summed E-state index contributed by atoms with van der Waals surface area (Å²) in [5.74, 6) is -2.07. The second-order valence-corrected chi connectivity index (χ2v) is 11.8. The molecular formula is C30H35NO8. The summed E-state index contributed by atoms with van der Waals surface area (Å²) in [4.78, 5) is 43.0. The zero-order chi connectivity index (χ0) is 28.2. The third kappa shape index (κ3) is 4.14. The quantitative estimate of drug-likeness (QED) is 0.447. The molecule has 0 radical (unpaired) electrons. The monoisotopic (exact) mass is 537 g/mol. The maximum atomic E-state index is 13.4. The van der Waals surface area contributed by atoms with Gasteiger partial charge in [-0.05, 0) is 71.2 Å². The molecule has 2 heterocycles. The van der Waals surface area contributed by atoms with Gasteiger partial charge in [-0.2, -0.15) is 0 Å². The highest BCUT2D eigenvalue weighted by Crippen LogP contribution is 2.68. The van der Waals surface area contributed by atoms with E-state index in [1.807, 2.05) is 13.8 Å². The molecule has 1 aromatic carbocycles. The molecule has 5 rings (SSSR count). The summed E-state index contributed by atoms with van der Waals surface area (Å²) in [6.45, 7) is 8.54. The Morgan fingerprint density at radius 3 is 2.23 bits per heavy atom. The molecule has 3 fully saturated rings. The molecule has 3 aliphatic rings. The van der Waals surface area contributed by atoms with Crippen LogP contribution in [0.4, 0.5) is 0 Å². The highest BCUT2D eigenvalue weighted by Gasteiger charge is 2.82. The molecule has 1 aromatic heterocycles. The van der Waals surface area contributed by atoms with Gasteiger partial charge in [0.05, 0.1) is 27.7 Å². The number of hydrogen-bond acceptors (Lipinski definition) is 9. The number of nitrogens with zero attached hydrogens (tertiary/aromatic N) is 1. The van der Waals surface area contributed by atoms with Gasteiger partial charge in [0.2, 0.25) is 0 Å². The first-order chi connectivity index (χ1) is 18.3. The fourth-order valence-electron chi connectivity index (χ4n) is 7.23. The molecular weight excluding hydrogens is 502 g/mol. The summed E-state index contributed by atoms with van der Waals surface area (Å²) in [5, 5.41) is 12.1. The molecule has 2 aromatic rings. The number of aliphatic hydroxyl groups is 1. The van der Waals surface area contributed by atoms with Gasteiger partial charge >= 0.3 is 17.9 Å². The molecule has 2 aliphatic carbocycles. The van der Waals surface area contributed by atoms with Gasteiger partial charge in [-0.3, -0.25) is 9.78 Å². The van der Waals surface area contributed by atoms with Gasteiger partial charge in [0.25, 0.3) is 0 Å². The van der Waals surface area contributed by atoms with Gasteiger partial charge in [0.15, 0.2) is 0 Å². The Morgan fingerprint density at radius 2 is 1.59 bits per heavy atom. The number of carbonyl (C=O) groups is 3. The van der Waals surface area contributed by atoms with E-state index in [4.69, 9.17) is 18.9 Å². The maximum Gasteiger partial charge on any atom is 0.340 e. The van der Waals surface area contributed by atoms with E-state index in [0.29, 0.717) is 12.0 Å². The lowest BCUT2D eigenvalue weighted by Gasteiger charge is -2.64. The number of ether oxygens (including phenoxy) is 4. The number of esters is 3. The minimum Gasteiger partial charge on any atom is -0.462 e. The number of pyridine rings is 1. The normalized spacial score (nSPS) is 36.4. The van der Waals surface area contributed by atoms with Crippen LogP contribution in [0.3, 0.4) is 0 Å². The minimum atomic E-state index is -1.57. The summed E-state index contributed by atoms with van der Waals surface area (Å²) < 4.78 is 25.1. The van der Waals surface area contributed by atoms with E-state index in [0.717, 1.165) is 0 Å². The predicted octanol–water partition coefficient (Wildman–Crippen LogP) is 3.88. The summed E-state index contributed by atoms with van der Waals surface area (Å²) in [6.07, 6.45) is 1.23. The molecule has 1 N–H and O–H groups in total. The van der Waals surface area contributed by atoms with Crippen LogP contribution in [0.25, 0.3) is 0 Å². The Bertz CT molecular complexity index is 1260. The number of rotatable bonds is 5. The van der Waals surface area contributed by atoms with Gasteiger partial charge in [0, 0.05) is 25.2 Å². The zero-order valence-electron chi connectivity index (χ0n) is 22.9. The van der Waals surface area contributed by atoms with Crippen molar-refractivity contribution in [3.05, 3.63) is 66.0 Å². The number of benzene rings is 1. The number of aromatic nitrogens is 1. The Hall–Kier alpha value is -3.30. The molecule has 1 spiro atoms. The smallest absolute Gasteiger partial charge is 0.340 e. The van der Waals surface area contributed by atoms with Gasteiger partial charge < -0.3 is 24.1 Å². The van der Waals surface area contributed by atoms with Crippen LogP contribution in [0, 0.1) is 11.3 Å². The largest absolute Gasteiger partial charge is 0.462 e. The molecule has 9 heteroatoms. The lowest BCUT2D eigenvalue weighted by molar-refractivity contribution is -0.326. The van der Waals surface area contributed by atoms with E-state index in [-0.39, 0.29) is 18.4 Å². The standard InChI is InChI=1S/C30H35NO8/c1-18(32)36-23-16-21-24(38-26(34)20-12-9-15-31-17-20)30(39-27(21,2)3)28(4,35)14-13-22(29(23,30)5)37-25(33)19-10-7-6-8-11-19/h6-12,15,17,21-24,35H,13-14,16H2,1-5H3. The summed E-state index contributed by atoms with van der Waals surface area (Å²) in [7, 11) is 0. The predicted molar refractivity (Wildman–Crippen MR) is 139 cm³/mol. The third-order valence-electron chi connectivity index (χ3n) is 9.08. The van der Waals surface area contributed by atoms with E-state index >= 15 is 0 Å². The Labute approximate surface area is 227 Å². The van der Waals surface area contributed by atoms with E-state index < -0.39 is 64.4 Å². The molecule has 7 unspecified atom stereocenters. The molecule has 1 saturated heterocycles. The average Bonchev–Trinajstić information content (AvgIpc) is 3.07. The van der Waals surface area contributed by atoms with Gasteiger partial charge in [-0.1, -0.05) is 18.2 Å². The fraction of sp³-hybridized carbons (Fsp3) is 0.533.